The molecule has 0 amide bonds. The maximum absolute atomic E-state index is 7.88. The first-order valence-electron chi connectivity index (χ1n) is 0.129. The molecular weight excluding hydrogens is 114 g/mol. The van der Waals surface area contributed by atoms with Gasteiger partial charge in [0.15, 0.2) is 0 Å². The number of rotatable bonds is 0. The maximum atomic E-state index is 7.88. The van der Waals surface area contributed by atoms with Gasteiger partial charge in [0.05, 0.1) is 0 Å². The summed E-state index contributed by atoms with van der Waals surface area (Å²) >= 11 is 2.62. The van der Waals surface area contributed by atoms with E-state index >= 15 is 0 Å². The molecule has 2 nitrogen and oxygen atoms in total. The van der Waals surface area contributed by atoms with Gasteiger partial charge < -0.3 is 6.90 Å². The molecule has 0 rings (SSSR count). The van der Waals surface area contributed by atoms with Gasteiger partial charge in [0, 0.05) is 0 Å². The van der Waals surface area contributed by atoms with E-state index < -0.39 is 0 Å². The van der Waals surface area contributed by atoms with Gasteiger partial charge in [-0.05, 0) is 0 Å². The molecule has 0 aliphatic carbocycles. The summed E-state index contributed by atoms with van der Waals surface area (Å²) in [6.07, 6.45) is 0. The van der Waals surface area contributed by atoms with Gasteiger partial charge in [-0.3, -0.25) is 0 Å². The Morgan fingerprint density at radius 3 is 1.50 bits per heavy atom. The Bertz CT molecular complexity index is 9.61. The second-order valence-electron chi connectivity index (χ2n) is 0. The third-order valence-electron chi connectivity index (χ3n) is 0. The van der Waals surface area contributed by atoms with Gasteiger partial charge in [0.1, 0.15) is 0 Å². The molecule has 0 radical (unpaired) electrons. The summed E-state index contributed by atoms with van der Waals surface area (Å²) in [7, 11) is 0. The molecule has 4 heavy (non-hydrogen) atoms. The van der Waals surface area contributed by atoms with E-state index in [4.69, 9.17) is 3.90 Å². The van der Waals surface area contributed by atoms with E-state index in [0.717, 1.165) is 0 Å². The molecule has 0 saturated carbocycles. The molecule has 0 aliphatic heterocycles. The predicted octanol–water partition coefficient (Wildman–Crippen LogP) is -3.83. The molecule has 0 aromatic heterocycles. The van der Waals surface area contributed by atoms with Gasteiger partial charge >= 0.3 is 48.8 Å². The van der Waals surface area contributed by atoms with Crippen LogP contribution in [-0.2, 0) is 19.3 Å². The predicted molar refractivity (Wildman–Crippen MR) is 5.41 cm³/mol. The summed E-state index contributed by atoms with van der Waals surface area (Å²) in [5, 5.41) is 0. The van der Waals surface area contributed by atoms with Gasteiger partial charge in [-0.15, -0.1) is 0 Å². The van der Waals surface area contributed by atoms with Gasteiger partial charge in [-0.1, -0.05) is 0 Å². The average molecular weight is 117 g/mol. The van der Waals surface area contributed by atoms with Crippen molar-refractivity contribution in [2.45, 2.75) is 0 Å². The van der Waals surface area contributed by atoms with E-state index in [9.17, 15) is 0 Å². The molecule has 0 aliphatic rings. The molecular formula is H3NaNiO2. The first-order valence-corrected chi connectivity index (χ1v) is 0.532. The molecule has 0 fully saturated rings. The Hall–Kier alpha value is 1.25. The third-order valence-corrected chi connectivity index (χ3v) is 0. The molecule has 2 N–H and O–H groups in total. The summed E-state index contributed by atoms with van der Waals surface area (Å²) in [4.78, 5) is 0. The fourth-order valence-corrected chi connectivity index (χ4v) is 0. The normalized spacial score (nSPS) is 1.50. The fourth-order valence-electron chi connectivity index (χ4n) is 0. The third kappa shape index (κ3) is 10.5. The van der Waals surface area contributed by atoms with Gasteiger partial charge in [-0.25, -0.2) is 0 Å². The summed E-state index contributed by atoms with van der Waals surface area (Å²) in [5.74, 6) is 0. The minimum atomic E-state index is 0. The molecule has 26 valence electrons. The standard InChI is InChI=1S/Na.Ni.H2O.O.H/h;;1H2;;/q+1;;;;-1. The van der Waals surface area contributed by atoms with Crippen LogP contribution in [-0.4, -0.2) is 5.48 Å². The summed E-state index contributed by atoms with van der Waals surface area (Å²) in [5.41, 5.74) is 0. The van der Waals surface area contributed by atoms with E-state index in [1.165, 1.54) is 0 Å². The molecule has 0 bridgehead atoms. The van der Waals surface area contributed by atoms with E-state index in [0.29, 0.717) is 0 Å². The van der Waals surface area contributed by atoms with E-state index in [1.54, 1.807) is 0 Å². The Labute approximate surface area is 55.6 Å². The van der Waals surface area contributed by atoms with Crippen LogP contribution in [0.25, 0.3) is 0 Å². The van der Waals surface area contributed by atoms with Crippen molar-refractivity contribution in [3.05, 3.63) is 0 Å². The van der Waals surface area contributed by atoms with Crippen molar-refractivity contribution in [2.24, 2.45) is 0 Å². The van der Waals surface area contributed by atoms with Crippen LogP contribution in [0.5, 0.6) is 0 Å². The molecule has 0 saturated heterocycles. The van der Waals surface area contributed by atoms with Crippen LogP contribution in [0.1, 0.15) is 1.43 Å². The van der Waals surface area contributed by atoms with E-state index in [-0.39, 0.29) is 36.5 Å². The molecule has 0 unspecified atom stereocenters. The van der Waals surface area contributed by atoms with E-state index in [1.807, 2.05) is 0 Å². The van der Waals surface area contributed by atoms with Gasteiger partial charge in [0.25, 0.3) is 0 Å². The van der Waals surface area contributed by atoms with E-state index in [2.05, 4.69) is 15.4 Å². The van der Waals surface area contributed by atoms with Crippen molar-refractivity contribution in [3.63, 3.8) is 0 Å². The first-order chi connectivity index (χ1) is 1.00. The van der Waals surface area contributed by atoms with Crippen LogP contribution in [0.15, 0.2) is 0 Å². The van der Waals surface area contributed by atoms with Crippen LogP contribution in [0.4, 0.5) is 0 Å². The van der Waals surface area contributed by atoms with Crippen LogP contribution >= 0.6 is 0 Å². The van der Waals surface area contributed by atoms with Gasteiger partial charge in [-0.2, -0.15) is 0 Å². The van der Waals surface area contributed by atoms with Gasteiger partial charge in [0.2, 0.25) is 0 Å². The zero-order valence-corrected chi connectivity index (χ0v) is 5.21. The minimum absolute atomic E-state index is 0. The van der Waals surface area contributed by atoms with Crippen molar-refractivity contribution < 1.29 is 55.7 Å². The SMILES string of the molecule is O.[H-].[Na+].[O]=[Ni]. The molecule has 0 atom stereocenters. The van der Waals surface area contributed by atoms with Crippen molar-refractivity contribution in [2.75, 3.05) is 0 Å². The van der Waals surface area contributed by atoms with Crippen LogP contribution in [0.2, 0.25) is 0 Å². The van der Waals surface area contributed by atoms with Crippen LogP contribution in [0, 0.1) is 0 Å². The second kappa shape index (κ2) is 28.7. The molecule has 0 aromatic rings. The topological polar surface area (TPSA) is 48.6 Å². The number of hydrogen-bond donors (Lipinski definition) is 0. The Morgan fingerprint density at radius 1 is 1.50 bits per heavy atom. The van der Waals surface area contributed by atoms with Crippen molar-refractivity contribution in [3.8, 4) is 0 Å². The zero-order chi connectivity index (χ0) is 2.00. The van der Waals surface area contributed by atoms with Crippen LogP contribution < -0.4 is 29.6 Å². The summed E-state index contributed by atoms with van der Waals surface area (Å²) in [6.45, 7) is 0. The van der Waals surface area contributed by atoms with Crippen molar-refractivity contribution >= 4 is 0 Å². The van der Waals surface area contributed by atoms with Crippen molar-refractivity contribution in [1.82, 2.24) is 0 Å². The van der Waals surface area contributed by atoms with Crippen molar-refractivity contribution in [1.29, 1.82) is 0 Å². The Balaban J connectivity index is -0.00000000167. The summed E-state index contributed by atoms with van der Waals surface area (Å²) < 4.78 is 7.88. The zero-order valence-electron chi connectivity index (χ0n) is 3.22. The molecule has 4 heteroatoms. The Morgan fingerprint density at radius 2 is 1.50 bits per heavy atom. The number of hydrogen-bond acceptors (Lipinski definition) is 1. The summed E-state index contributed by atoms with van der Waals surface area (Å²) in [6, 6.07) is 0. The van der Waals surface area contributed by atoms with Crippen LogP contribution in [0.3, 0.4) is 0 Å². The molecule has 0 spiro atoms. The first kappa shape index (κ1) is 18.7. The fraction of sp³-hybridized carbons (Fsp3) is 0. The average Bonchev–Trinajstić information content (AvgIpc) is 1.00. The Kier molecular flexibility index (Phi) is 134. The molecule has 0 heterocycles. The molecule has 0 aromatic carbocycles. The monoisotopic (exact) mass is 116 g/mol. The quantitative estimate of drug-likeness (QED) is 0.299. The second-order valence-corrected chi connectivity index (χ2v) is 0.